The minimum atomic E-state index is -1.59. The van der Waals surface area contributed by atoms with Gasteiger partial charge in [-0.2, -0.15) is 0 Å². The fraction of sp³-hybridized carbons (Fsp3) is 0.400. The zero-order valence-electron chi connectivity index (χ0n) is 22.4. The number of carboxylic acid groups (broad SMARTS) is 4. The van der Waals surface area contributed by atoms with Crippen molar-refractivity contribution in [1.82, 2.24) is 29.7 Å². The van der Waals surface area contributed by atoms with Gasteiger partial charge < -0.3 is 60.7 Å². The summed E-state index contributed by atoms with van der Waals surface area (Å²) in [5.41, 5.74) is -1.97. The summed E-state index contributed by atoms with van der Waals surface area (Å²) in [5.74, 6) is -5.26. The molecule has 2 amide bonds. The van der Waals surface area contributed by atoms with Gasteiger partial charge >= 0.3 is 31.4 Å². The molecule has 2 aromatic rings. The first-order chi connectivity index (χ1) is 16.7. The van der Waals surface area contributed by atoms with Crippen molar-refractivity contribution in [1.29, 1.82) is 0 Å². The van der Waals surface area contributed by atoms with E-state index in [0.717, 1.165) is 12.8 Å². The number of rotatable bonds is 8. The molecule has 2 rings (SSSR count). The van der Waals surface area contributed by atoms with E-state index in [1.807, 2.05) is 0 Å². The van der Waals surface area contributed by atoms with Crippen molar-refractivity contribution in [2.24, 2.45) is 0 Å². The Morgan fingerprint density at radius 2 is 0.974 bits per heavy atom. The molecule has 10 N–H and O–H groups in total. The van der Waals surface area contributed by atoms with Crippen LogP contribution >= 0.6 is 0 Å². The Kier molecular flexibility index (Phi) is 26.3. The van der Waals surface area contributed by atoms with Crippen LogP contribution in [0.4, 0.5) is 0 Å². The van der Waals surface area contributed by atoms with Crippen molar-refractivity contribution < 1.29 is 79.6 Å². The molecule has 0 aliphatic rings. The molecule has 0 atom stereocenters. The van der Waals surface area contributed by atoms with Gasteiger partial charge in [-0.3, -0.25) is 9.59 Å². The summed E-state index contributed by atoms with van der Waals surface area (Å²) >= 11 is 0. The molecule has 2 aromatic heterocycles. The number of H-pyrrole nitrogens is 2. The number of aromatic amines is 2. The van der Waals surface area contributed by atoms with E-state index in [2.05, 4.69) is 19.9 Å². The zero-order chi connectivity index (χ0) is 28.6. The van der Waals surface area contributed by atoms with Crippen molar-refractivity contribution >= 4 is 36.7 Å². The van der Waals surface area contributed by atoms with Gasteiger partial charge in [0.25, 0.3) is 0 Å². The van der Waals surface area contributed by atoms with Crippen LogP contribution in [-0.4, -0.2) is 105 Å². The first-order valence-electron chi connectivity index (χ1n) is 9.96. The molecule has 0 spiro atoms. The maximum atomic E-state index is 10.5. The average Bonchev–Trinajstić information content (AvgIpc) is 3.45. The number of hydrogen-bond donors (Lipinski definition) is 4. The summed E-state index contributed by atoms with van der Waals surface area (Å²) in [7, 11) is 6.75. The fourth-order valence-electron chi connectivity index (χ4n) is 1.78. The van der Waals surface area contributed by atoms with E-state index in [4.69, 9.17) is 10.2 Å². The van der Waals surface area contributed by atoms with Crippen LogP contribution in [0.15, 0.2) is 0 Å². The average molecular weight is 616 g/mol. The number of carbonyl (C=O) groups is 6. The molecule has 0 aliphatic carbocycles. The van der Waals surface area contributed by atoms with Crippen molar-refractivity contribution in [2.45, 2.75) is 26.7 Å². The second kappa shape index (κ2) is 22.9. The Bertz CT molecular complexity index is 907. The third kappa shape index (κ3) is 17.8. The van der Waals surface area contributed by atoms with Crippen molar-refractivity contribution in [3.63, 3.8) is 0 Å². The molecule has 0 saturated heterocycles. The smallest absolute Gasteiger partial charge is 0.543 e. The molecule has 0 aliphatic heterocycles. The number of carbonyl (C=O) groups excluding carboxylic acids is 4. The predicted molar refractivity (Wildman–Crippen MR) is 128 cm³/mol. The third-order valence-corrected chi connectivity index (χ3v) is 3.41. The first kappa shape index (κ1) is 44.8. The van der Waals surface area contributed by atoms with E-state index >= 15 is 0 Å². The predicted octanol–water partition coefficient (Wildman–Crippen LogP) is -4.37. The van der Waals surface area contributed by atoms with Crippen LogP contribution < -0.4 is 10.2 Å². The number of nitrogens with one attached hydrogen (secondary N) is 2. The molecule has 0 radical (unpaired) electrons. The first-order valence-corrected chi connectivity index (χ1v) is 9.96. The molecule has 0 saturated carbocycles. The quantitative estimate of drug-likeness (QED) is 0.124. The largest absolute Gasteiger partial charge is 2.00 e. The van der Waals surface area contributed by atoms with Gasteiger partial charge in [-0.1, -0.05) is 13.8 Å². The van der Waals surface area contributed by atoms with E-state index < -0.39 is 46.7 Å². The monoisotopic (exact) mass is 614 g/mol. The van der Waals surface area contributed by atoms with E-state index in [0.29, 0.717) is 24.5 Å². The van der Waals surface area contributed by atoms with Crippen molar-refractivity contribution in [3.05, 3.63) is 34.4 Å². The number of aryl methyl sites for hydroxylation is 2. The topological polar surface area (TPSA) is 319 Å². The summed E-state index contributed by atoms with van der Waals surface area (Å²) in [5, 5.41) is 37.9. The molecular weight excluding hydrogens is 582 g/mol. The van der Waals surface area contributed by atoms with Crippen LogP contribution in [0.1, 0.15) is 67.5 Å². The van der Waals surface area contributed by atoms with E-state index in [9.17, 15) is 39.0 Å². The standard InChI is InChI=1S/2C7H8N2O4.2C3H7NO.2H2O.Zn/c2*1-2-3-8-4(6(10)11)5(9-3)7(12)13;2*1-4(2)3-5;;;/h2*2H2,1H3,(H,8,9)(H,10,11)(H,12,13);2*3H,1-2H3;2*1H2;/q;;;;;;+2. The van der Waals surface area contributed by atoms with Gasteiger partial charge in [0.2, 0.25) is 12.8 Å². The zero-order valence-corrected chi connectivity index (χ0v) is 25.3. The maximum absolute atomic E-state index is 10.5. The minimum absolute atomic E-state index is 0. The normalized spacial score (nSPS) is 8.36. The van der Waals surface area contributed by atoms with Crippen molar-refractivity contribution in [2.75, 3.05) is 28.2 Å². The second-order valence-electron chi connectivity index (χ2n) is 6.84. The number of amides is 2. The molecule has 0 unspecified atom stereocenters. The van der Waals surface area contributed by atoms with E-state index in [1.54, 1.807) is 42.0 Å². The third-order valence-electron chi connectivity index (χ3n) is 3.41. The summed E-state index contributed by atoms with van der Waals surface area (Å²) in [6.07, 6.45) is 2.38. The molecule has 0 fully saturated rings. The van der Waals surface area contributed by atoms with Crippen LogP contribution in [0.3, 0.4) is 0 Å². The van der Waals surface area contributed by atoms with Crippen LogP contribution in [0, 0.1) is 0 Å². The number of hydrogen-bond acceptors (Lipinski definition) is 10. The van der Waals surface area contributed by atoms with Crippen LogP contribution in [0.5, 0.6) is 0 Å². The summed E-state index contributed by atoms with van der Waals surface area (Å²) in [4.78, 5) is 75.4. The number of aromatic carboxylic acids is 4. The van der Waals surface area contributed by atoms with Crippen molar-refractivity contribution in [3.8, 4) is 0 Å². The number of nitrogens with zero attached hydrogens (tertiary/aromatic N) is 4. The maximum Gasteiger partial charge on any atom is 2.00 e. The number of imidazole rings is 2. The Balaban J connectivity index is -0.000000140. The molecule has 216 valence electrons. The Morgan fingerprint density at radius 1 is 0.744 bits per heavy atom. The number of carboxylic acids is 4. The Labute approximate surface area is 235 Å². The molecule has 0 aromatic carbocycles. The van der Waals surface area contributed by atoms with Gasteiger partial charge in [-0.15, -0.1) is 0 Å². The van der Waals surface area contributed by atoms with Crippen LogP contribution in [0.25, 0.3) is 0 Å². The molecule has 18 nitrogen and oxygen atoms in total. The van der Waals surface area contributed by atoms with Gasteiger partial charge in [-0.05, 0) is 0 Å². The van der Waals surface area contributed by atoms with Gasteiger partial charge in [0.05, 0.1) is 11.9 Å². The van der Waals surface area contributed by atoms with Gasteiger partial charge in [0.1, 0.15) is 23.0 Å². The summed E-state index contributed by atoms with van der Waals surface area (Å²) in [6, 6.07) is 0. The van der Waals surface area contributed by atoms with Gasteiger partial charge in [0, 0.05) is 41.0 Å². The summed E-state index contributed by atoms with van der Waals surface area (Å²) in [6.45, 7) is 3.45. The molecule has 19 heteroatoms. The Hall–Kier alpha value is -4.22. The van der Waals surface area contributed by atoms with E-state index in [-0.39, 0.29) is 30.4 Å². The molecule has 39 heavy (non-hydrogen) atoms. The van der Waals surface area contributed by atoms with Crippen LogP contribution in [-0.2, 0) is 52.9 Å². The van der Waals surface area contributed by atoms with Gasteiger partial charge in [0.15, 0.2) is 11.4 Å². The van der Waals surface area contributed by atoms with Crippen LogP contribution in [0.2, 0.25) is 0 Å². The molecule has 0 bridgehead atoms. The summed E-state index contributed by atoms with van der Waals surface area (Å²) < 4.78 is 0. The second-order valence-corrected chi connectivity index (χ2v) is 6.84. The number of aromatic nitrogens is 4. The minimum Gasteiger partial charge on any atom is -0.543 e. The molecule has 2 heterocycles. The Morgan fingerprint density at radius 3 is 1.08 bits per heavy atom. The van der Waals surface area contributed by atoms with E-state index in [1.165, 1.54) is 9.80 Å². The fourth-order valence-corrected chi connectivity index (χ4v) is 1.78. The van der Waals surface area contributed by atoms with Gasteiger partial charge in [-0.25, -0.2) is 19.6 Å². The SMILES string of the molecule is CCc1nc(C(=O)[O-])c(C(=O)O)[nH]1.CCc1nc(C(=O)[O-])c(C(=O)O)[nH]1.CN(C)C=O.CN(C)C=O.[OH3+].[OH3+].[Zn+2]. The molecular formula is C20H34N6O12Zn+2.